The van der Waals surface area contributed by atoms with Crippen molar-refractivity contribution in [3.05, 3.63) is 46.0 Å². The summed E-state index contributed by atoms with van der Waals surface area (Å²) in [6, 6.07) is 1.70. The van der Waals surface area contributed by atoms with E-state index in [-0.39, 0.29) is 34.1 Å². The fourth-order valence-electron chi connectivity index (χ4n) is 2.70. The minimum absolute atomic E-state index is 0.0284. The fourth-order valence-corrected chi connectivity index (χ4v) is 2.70. The Balaban J connectivity index is 2.33. The van der Waals surface area contributed by atoms with Crippen molar-refractivity contribution in [2.45, 2.75) is 6.61 Å². The lowest BCUT2D eigenvalue weighted by atomic mass is 9.89. The summed E-state index contributed by atoms with van der Waals surface area (Å²) in [4.78, 5) is 35.1. The molecule has 5 nitrogen and oxygen atoms in total. The Morgan fingerprint density at radius 1 is 0.857 bits per heavy atom. The zero-order valence-electron chi connectivity index (χ0n) is 10.2. The van der Waals surface area contributed by atoms with E-state index in [2.05, 4.69) is 4.74 Å². The maximum Gasteiger partial charge on any atom is 0.346 e. The first kappa shape index (κ1) is 12.0. The minimum atomic E-state index is -1.03. The molecule has 0 N–H and O–H groups in total. The number of carbonyl (C=O) groups excluding carboxylic acids is 3. The number of ether oxygens (including phenoxy) is 2. The van der Waals surface area contributed by atoms with Crippen LogP contribution in [0, 0.1) is 11.6 Å². The van der Waals surface area contributed by atoms with Gasteiger partial charge in [-0.25, -0.2) is 23.2 Å². The highest BCUT2D eigenvalue weighted by molar-refractivity contribution is 6.24. The van der Waals surface area contributed by atoms with Crippen LogP contribution in [0.25, 0.3) is 10.8 Å². The lowest BCUT2D eigenvalue weighted by molar-refractivity contribution is 0.0382. The van der Waals surface area contributed by atoms with Gasteiger partial charge in [-0.3, -0.25) is 0 Å². The van der Waals surface area contributed by atoms with Crippen molar-refractivity contribution in [1.82, 2.24) is 0 Å². The normalized spacial score (nSPS) is 16.0. The Hall–Kier alpha value is -2.83. The van der Waals surface area contributed by atoms with Gasteiger partial charge >= 0.3 is 17.9 Å². The molecule has 0 aromatic heterocycles. The smallest absolute Gasteiger partial charge is 0.346 e. The summed E-state index contributed by atoms with van der Waals surface area (Å²) >= 11 is 0. The van der Waals surface area contributed by atoms with E-state index in [0.717, 1.165) is 12.1 Å². The molecule has 0 saturated heterocycles. The van der Waals surface area contributed by atoms with Crippen molar-refractivity contribution < 1.29 is 32.6 Å². The molecule has 2 aliphatic heterocycles. The van der Waals surface area contributed by atoms with Crippen LogP contribution in [0.4, 0.5) is 8.78 Å². The third kappa shape index (κ3) is 1.35. The lowest BCUT2D eigenvalue weighted by Crippen LogP contribution is -2.24. The third-order valence-corrected chi connectivity index (χ3v) is 3.59. The molecule has 2 aliphatic rings. The molecule has 2 heterocycles. The predicted molar refractivity (Wildman–Crippen MR) is 62.7 cm³/mol. The second-order valence-electron chi connectivity index (χ2n) is 4.67. The van der Waals surface area contributed by atoms with Gasteiger partial charge in [0, 0.05) is 16.3 Å². The first-order valence-electron chi connectivity index (χ1n) is 5.90. The van der Waals surface area contributed by atoms with Crippen LogP contribution in [-0.4, -0.2) is 17.9 Å². The highest BCUT2D eigenvalue weighted by Crippen LogP contribution is 2.38. The Morgan fingerprint density at radius 3 is 2.14 bits per heavy atom. The molecular weight excluding hydrogens is 286 g/mol. The second kappa shape index (κ2) is 3.63. The molecule has 7 heteroatoms. The number of esters is 3. The van der Waals surface area contributed by atoms with E-state index < -0.39 is 35.1 Å². The average Bonchev–Trinajstić information content (AvgIpc) is 2.43. The van der Waals surface area contributed by atoms with Crippen LogP contribution < -0.4 is 0 Å². The Labute approximate surface area is 115 Å². The maximum atomic E-state index is 14.1. The number of benzene rings is 2. The third-order valence-electron chi connectivity index (χ3n) is 3.59. The number of halogens is 2. The van der Waals surface area contributed by atoms with E-state index in [1.807, 2.05) is 0 Å². The van der Waals surface area contributed by atoms with Crippen molar-refractivity contribution in [1.29, 1.82) is 0 Å². The molecule has 0 amide bonds. The number of carbonyl (C=O) groups is 3. The van der Waals surface area contributed by atoms with Gasteiger partial charge in [0.2, 0.25) is 0 Å². The van der Waals surface area contributed by atoms with Crippen LogP contribution in [-0.2, 0) is 16.1 Å². The SMILES string of the molecule is O=C1OC(=O)c2cc(F)c3c4c(c(F)cc1c24)COC3=O. The zero-order valence-corrected chi connectivity index (χ0v) is 10.2. The van der Waals surface area contributed by atoms with Gasteiger partial charge in [0.1, 0.15) is 23.8 Å². The standard InChI is InChI=1S/C14H4F2O5/c15-7-1-4-9-5(13(18)21-12(4)17)2-8(16)11-10(9)6(7)3-20-14(11)19/h1-2H,3H2. The highest BCUT2D eigenvalue weighted by atomic mass is 19.1. The largest absolute Gasteiger partial charge is 0.457 e. The second-order valence-corrected chi connectivity index (χ2v) is 4.67. The molecule has 0 radical (unpaired) electrons. The molecule has 2 aromatic rings. The number of cyclic esters (lactones) is 3. The molecule has 0 bridgehead atoms. The molecular formula is C14H4F2O5. The van der Waals surface area contributed by atoms with Crippen molar-refractivity contribution in [3.8, 4) is 0 Å². The Kier molecular flexibility index (Phi) is 2.07. The van der Waals surface area contributed by atoms with E-state index in [4.69, 9.17) is 4.74 Å². The number of rotatable bonds is 0. The molecule has 4 rings (SSSR count). The number of hydrogen-bond acceptors (Lipinski definition) is 5. The van der Waals surface area contributed by atoms with Gasteiger partial charge in [-0.15, -0.1) is 0 Å². The van der Waals surface area contributed by atoms with Gasteiger partial charge in [-0.1, -0.05) is 0 Å². The monoisotopic (exact) mass is 290 g/mol. The van der Waals surface area contributed by atoms with E-state index in [9.17, 15) is 23.2 Å². The predicted octanol–water partition coefficient (Wildman–Crippen LogP) is 2.10. The molecule has 0 spiro atoms. The summed E-state index contributed by atoms with van der Waals surface area (Å²) in [5.41, 5.74) is -0.960. The molecule has 0 unspecified atom stereocenters. The molecule has 2 aromatic carbocycles. The highest BCUT2D eigenvalue weighted by Gasteiger charge is 2.36. The summed E-state index contributed by atoms with van der Waals surface area (Å²) in [5, 5.41) is -0.0676. The van der Waals surface area contributed by atoms with Gasteiger partial charge in [0.05, 0.1) is 11.1 Å². The maximum absolute atomic E-state index is 14.1. The van der Waals surface area contributed by atoms with E-state index in [1.165, 1.54) is 0 Å². The van der Waals surface area contributed by atoms with Crippen LogP contribution >= 0.6 is 0 Å². The van der Waals surface area contributed by atoms with E-state index in [0.29, 0.717) is 0 Å². The van der Waals surface area contributed by atoms with Crippen molar-refractivity contribution in [2.24, 2.45) is 0 Å². The summed E-state index contributed by atoms with van der Waals surface area (Å²) in [7, 11) is 0. The van der Waals surface area contributed by atoms with Gasteiger partial charge in [0.15, 0.2) is 0 Å². The molecule has 0 aliphatic carbocycles. The Bertz CT molecular complexity index is 880. The van der Waals surface area contributed by atoms with Gasteiger partial charge in [-0.2, -0.15) is 0 Å². The van der Waals surface area contributed by atoms with Crippen LogP contribution in [0.5, 0.6) is 0 Å². The van der Waals surface area contributed by atoms with Crippen molar-refractivity contribution >= 4 is 28.7 Å². The minimum Gasteiger partial charge on any atom is -0.457 e. The quantitative estimate of drug-likeness (QED) is 0.549. The molecule has 0 saturated carbocycles. The summed E-state index contributed by atoms with van der Waals surface area (Å²) in [6.07, 6.45) is 0. The van der Waals surface area contributed by atoms with Crippen LogP contribution in [0.15, 0.2) is 12.1 Å². The van der Waals surface area contributed by atoms with Crippen LogP contribution in [0.2, 0.25) is 0 Å². The summed E-state index contributed by atoms with van der Waals surface area (Å²) < 4.78 is 37.3. The van der Waals surface area contributed by atoms with Crippen molar-refractivity contribution in [2.75, 3.05) is 0 Å². The van der Waals surface area contributed by atoms with Gasteiger partial charge in [-0.05, 0) is 12.1 Å². The van der Waals surface area contributed by atoms with Gasteiger partial charge < -0.3 is 9.47 Å². The summed E-state index contributed by atoms with van der Waals surface area (Å²) in [5.74, 6) is -4.88. The van der Waals surface area contributed by atoms with Gasteiger partial charge in [0.25, 0.3) is 0 Å². The lowest BCUT2D eigenvalue weighted by Gasteiger charge is -2.23. The molecule has 0 atom stereocenters. The molecule has 104 valence electrons. The van der Waals surface area contributed by atoms with E-state index >= 15 is 0 Å². The topological polar surface area (TPSA) is 69.7 Å². The zero-order chi connectivity index (χ0) is 14.9. The first-order valence-corrected chi connectivity index (χ1v) is 5.90. The van der Waals surface area contributed by atoms with E-state index in [1.54, 1.807) is 0 Å². The fraction of sp³-hybridized carbons (Fsp3) is 0.0714. The summed E-state index contributed by atoms with van der Waals surface area (Å²) in [6.45, 7) is -0.388. The van der Waals surface area contributed by atoms with Crippen molar-refractivity contribution in [3.63, 3.8) is 0 Å². The van der Waals surface area contributed by atoms with Crippen LogP contribution in [0.3, 0.4) is 0 Å². The first-order chi connectivity index (χ1) is 9.99. The number of hydrogen-bond donors (Lipinski definition) is 0. The van der Waals surface area contributed by atoms with Crippen LogP contribution in [0.1, 0.15) is 36.6 Å². The Morgan fingerprint density at radius 2 is 1.48 bits per heavy atom. The average molecular weight is 290 g/mol. The molecule has 21 heavy (non-hydrogen) atoms. The molecule has 0 fully saturated rings.